The van der Waals surface area contributed by atoms with Crippen molar-refractivity contribution in [3.63, 3.8) is 0 Å². The predicted octanol–water partition coefficient (Wildman–Crippen LogP) is 1.41. The SMILES string of the molecule is CCC(=O)ONC(=O)CCC(C)C. The topological polar surface area (TPSA) is 55.4 Å². The van der Waals surface area contributed by atoms with E-state index in [2.05, 4.69) is 10.3 Å². The molecule has 0 saturated carbocycles. The molecule has 0 aliphatic rings. The Morgan fingerprint density at radius 2 is 2.00 bits per heavy atom. The number of carbonyl (C=O) groups is 2. The molecule has 76 valence electrons. The van der Waals surface area contributed by atoms with E-state index < -0.39 is 5.97 Å². The number of hydroxylamine groups is 1. The lowest BCUT2D eigenvalue weighted by Crippen LogP contribution is -2.26. The van der Waals surface area contributed by atoms with Crippen LogP contribution in [0.2, 0.25) is 0 Å². The molecule has 0 rings (SSSR count). The molecule has 0 saturated heterocycles. The van der Waals surface area contributed by atoms with Crippen molar-refractivity contribution in [2.75, 3.05) is 0 Å². The predicted molar refractivity (Wildman–Crippen MR) is 48.6 cm³/mol. The fourth-order valence-corrected chi connectivity index (χ4v) is 0.657. The van der Waals surface area contributed by atoms with Crippen LogP contribution in [0, 0.1) is 5.92 Å². The molecule has 0 fully saturated rings. The van der Waals surface area contributed by atoms with Crippen molar-refractivity contribution in [3.8, 4) is 0 Å². The van der Waals surface area contributed by atoms with Gasteiger partial charge in [-0.05, 0) is 12.3 Å². The summed E-state index contributed by atoms with van der Waals surface area (Å²) in [5.41, 5.74) is 2.10. The summed E-state index contributed by atoms with van der Waals surface area (Å²) in [5.74, 6) is -0.180. The van der Waals surface area contributed by atoms with Crippen molar-refractivity contribution in [2.24, 2.45) is 5.92 Å². The highest BCUT2D eigenvalue weighted by Gasteiger charge is 2.05. The molecule has 0 radical (unpaired) electrons. The summed E-state index contributed by atoms with van der Waals surface area (Å²) in [4.78, 5) is 26.0. The van der Waals surface area contributed by atoms with Gasteiger partial charge in [-0.25, -0.2) is 4.79 Å². The first-order valence-electron chi connectivity index (χ1n) is 4.54. The van der Waals surface area contributed by atoms with Crippen molar-refractivity contribution in [3.05, 3.63) is 0 Å². The molecule has 0 aliphatic heterocycles. The van der Waals surface area contributed by atoms with Gasteiger partial charge in [-0.1, -0.05) is 20.8 Å². The van der Waals surface area contributed by atoms with Gasteiger partial charge in [0.15, 0.2) is 0 Å². The van der Waals surface area contributed by atoms with Crippen molar-refractivity contribution in [1.82, 2.24) is 5.48 Å². The molecule has 0 aromatic heterocycles. The first-order chi connectivity index (χ1) is 6.06. The highest BCUT2D eigenvalue weighted by molar-refractivity contribution is 5.77. The van der Waals surface area contributed by atoms with Gasteiger partial charge in [-0.3, -0.25) is 4.79 Å². The van der Waals surface area contributed by atoms with Crippen LogP contribution in [0.3, 0.4) is 0 Å². The van der Waals surface area contributed by atoms with Crippen molar-refractivity contribution in [2.45, 2.75) is 40.0 Å². The van der Waals surface area contributed by atoms with E-state index >= 15 is 0 Å². The summed E-state index contributed by atoms with van der Waals surface area (Å²) in [6, 6.07) is 0. The van der Waals surface area contributed by atoms with Crippen LogP contribution in [0.15, 0.2) is 0 Å². The molecule has 0 aliphatic carbocycles. The summed E-state index contributed by atoms with van der Waals surface area (Å²) in [6.45, 7) is 5.74. The van der Waals surface area contributed by atoms with Crippen LogP contribution in [-0.4, -0.2) is 11.9 Å². The van der Waals surface area contributed by atoms with Crippen LogP contribution in [0.25, 0.3) is 0 Å². The molecule has 1 amide bonds. The van der Waals surface area contributed by atoms with E-state index in [4.69, 9.17) is 0 Å². The average molecular weight is 187 g/mol. The van der Waals surface area contributed by atoms with Gasteiger partial charge in [0.1, 0.15) is 0 Å². The lowest BCUT2D eigenvalue weighted by atomic mass is 10.1. The van der Waals surface area contributed by atoms with Gasteiger partial charge < -0.3 is 4.84 Å². The maximum absolute atomic E-state index is 11.0. The average Bonchev–Trinajstić information content (AvgIpc) is 2.10. The minimum atomic E-state index is -0.419. The second-order valence-corrected chi connectivity index (χ2v) is 3.29. The lowest BCUT2D eigenvalue weighted by molar-refractivity contribution is -0.158. The number of hydrogen-bond acceptors (Lipinski definition) is 3. The molecule has 0 unspecified atom stereocenters. The van der Waals surface area contributed by atoms with Gasteiger partial charge >= 0.3 is 5.97 Å². The number of amides is 1. The zero-order chi connectivity index (χ0) is 10.3. The lowest BCUT2D eigenvalue weighted by Gasteiger charge is -2.05. The molecule has 4 nitrogen and oxygen atoms in total. The Labute approximate surface area is 78.6 Å². The first kappa shape index (κ1) is 11.9. The van der Waals surface area contributed by atoms with Crippen molar-refractivity contribution >= 4 is 11.9 Å². The van der Waals surface area contributed by atoms with E-state index in [-0.39, 0.29) is 12.3 Å². The second kappa shape index (κ2) is 6.46. The monoisotopic (exact) mass is 187 g/mol. The molecular weight excluding hydrogens is 170 g/mol. The largest absolute Gasteiger partial charge is 0.341 e. The Morgan fingerprint density at radius 1 is 1.38 bits per heavy atom. The molecule has 0 spiro atoms. The van der Waals surface area contributed by atoms with E-state index in [9.17, 15) is 9.59 Å². The molecule has 13 heavy (non-hydrogen) atoms. The summed E-state index contributed by atoms with van der Waals surface area (Å²) < 4.78 is 0. The van der Waals surface area contributed by atoms with E-state index in [1.165, 1.54) is 0 Å². The van der Waals surface area contributed by atoms with Crippen molar-refractivity contribution in [1.29, 1.82) is 0 Å². The van der Waals surface area contributed by atoms with Gasteiger partial charge in [-0.15, -0.1) is 0 Å². The highest BCUT2D eigenvalue weighted by Crippen LogP contribution is 2.02. The third-order valence-corrected chi connectivity index (χ3v) is 1.52. The fourth-order valence-electron chi connectivity index (χ4n) is 0.657. The zero-order valence-corrected chi connectivity index (χ0v) is 8.42. The smallest absolute Gasteiger partial charge is 0.331 e. The first-order valence-corrected chi connectivity index (χ1v) is 4.54. The van der Waals surface area contributed by atoms with Crippen LogP contribution in [-0.2, 0) is 14.4 Å². The third kappa shape index (κ3) is 7.31. The Bertz CT molecular complexity index is 178. The van der Waals surface area contributed by atoms with Crippen LogP contribution in [0.1, 0.15) is 40.0 Å². The number of nitrogens with one attached hydrogen (secondary N) is 1. The third-order valence-electron chi connectivity index (χ3n) is 1.52. The summed E-state index contributed by atoms with van der Waals surface area (Å²) in [6.07, 6.45) is 1.47. The summed E-state index contributed by atoms with van der Waals surface area (Å²) in [7, 11) is 0. The molecule has 0 atom stereocenters. The molecule has 1 N–H and O–H groups in total. The van der Waals surface area contributed by atoms with Crippen LogP contribution >= 0.6 is 0 Å². The van der Waals surface area contributed by atoms with E-state index in [1.54, 1.807) is 6.92 Å². The Balaban J connectivity index is 3.46. The minimum absolute atomic E-state index is 0.240. The molecule has 0 heterocycles. The van der Waals surface area contributed by atoms with Crippen LogP contribution < -0.4 is 5.48 Å². The van der Waals surface area contributed by atoms with Crippen LogP contribution in [0.5, 0.6) is 0 Å². The second-order valence-electron chi connectivity index (χ2n) is 3.29. The summed E-state index contributed by atoms with van der Waals surface area (Å²) in [5, 5.41) is 0. The zero-order valence-electron chi connectivity index (χ0n) is 8.42. The van der Waals surface area contributed by atoms with Gasteiger partial charge in [-0.2, -0.15) is 5.48 Å². The van der Waals surface area contributed by atoms with Crippen molar-refractivity contribution < 1.29 is 14.4 Å². The van der Waals surface area contributed by atoms with Gasteiger partial charge in [0.2, 0.25) is 0 Å². The van der Waals surface area contributed by atoms with E-state index in [0.29, 0.717) is 12.3 Å². The van der Waals surface area contributed by atoms with Gasteiger partial charge in [0.05, 0.1) is 0 Å². The highest BCUT2D eigenvalue weighted by atomic mass is 16.7. The fraction of sp³-hybridized carbons (Fsp3) is 0.778. The number of hydrogen-bond donors (Lipinski definition) is 1. The van der Waals surface area contributed by atoms with E-state index in [1.807, 2.05) is 13.8 Å². The molecule has 0 aromatic rings. The Morgan fingerprint density at radius 3 is 2.46 bits per heavy atom. The normalized spacial score (nSPS) is 9.85. The maximum Gasteiger partial charge on any atom is 0.331 e. The Hall–Kier alpha value is -1.06. The molecule has 0 bridgehead atoms. The quantitative estimate of drug-likeness (QED) is 0.677. The van der Waals surface area contributed by atoms with E-state index in [0.717, 1.165) is 6.42 Å². The molecule has 0 aromatic carbocycles. The van der Waals surface area contributed by atoms with Crippen LogP contribution in [0.4, 0.5) is 0 Å². The number of carbonyl (C=O) groups excluding carboxylic acids is 2. The van der Waals surface area contributed by atoms with Gasteiger partial charge in [0, 0.05) is 12.8 Å². The standard InChI is InChI=1S/C9H17NO3/c1-4-9(12)13-10-8(11)6-5-7(2)3/h7H,4-6H2,1-3H3,(H,10,11). The molecular formula is C9H17NO3. The number of rotatable bonds is 4. The maximum atomic E-state index is 11.0. The minimum Gasteiger partial charge on any atom is -0.341 e. The molecule has 4 heteroatoms. The summed E-state index contributed by atoms with van der Waals surface area (Å²) >= 11 is 0. The Kier molecular flexibility index (Phi) is 5.93. The van der Waals surface area contributed by atoms with Gasteiger partial charge in [0.25, 0.3) is 5.91 Å².